The fraction of sp³-hybridized carbons (Fsp3) is 0.885. The Morgan fingerprint density at radius 1 is 0.508 bits per heavy atom. The lowest BCUT2D eigenvalue weighted by Crippen LogP contribution is -2.60. The summed E-state index contributed by atoms with van der Waals surface area (Å²) in [6, 6.07) is 0. The van der Waals surface area contributed by atoms with E-state index in [0.717, 1.165) is 51.4 Å². The molecule has 2 unspecified atom stereocenters. The van der Waals surface area contributed by atoms with Gasteiger partial charge in [-0.25, -0.2) is 0 Å². The van der Waals surface area contributed by atoms with E-state index in [0.29, 0.717) is 19.3 Å². The van der Waals surface area contributed by atoms with Gasteiger partial charge in [-0.15, -0.1) is 0 Å². The van der Waals surface area contributed by atoms with Gasteiger partial charge in [-0.3, -0.25) is 14.1 Å². The molecular formula is C52H96O12S. The average Bonchev–Trinajstić information content (AvgIpc) is 3.27. The summed E-state index contributed by atoms with van der Waals surface area (Å²) in [4.78, 5) is 25.5. The minimum absolute atomic E-state index is 0.118. The first-order chi connectivity index (χ1) is 31.5. The molecule has 1 heterocycles. The fourth-order valence-corrected chi connectivity index (χ4v) is 8.84. The van der Waals surface area contributed by atoms with Crippen molar-refractivity contribution in [1.82, 2.24) is 0 Å². The summed E-state index contributed by atoms with van der Waals surface area (Å²) in [7, 11) is -4.61. The van der Waals surface area contributed by atoms with Crippen molar-refractivity contribution in [3.8, 4) is 0 Å². The maximum Gasteiger partial charge on any atom is 0.306 e. The van der Waals surface area contributed by atoms with Crippen LogP contribution in [-0.2, 0) is 38.7 Å². The number of esters is 2. The molecule has 1 aliphatic rings. The minimum atomic E-state index is -4.61. The SMILES string of the molecule is CCCCCCC/C=C/CCCCCCCC(=O)OC[C@H](CO[C@H]1O[C@H](CS(=O)(=O)O)[C@@H](O)C(O)C1O)OC(=O)CCC/C=C/CCCCCCCCCCCCCCCCCCCC. The number of carbonyl (C=O) groups is 2. The maximum absolute atomic E-state index is 12.9. The van der Waals surface area contributed by atoms with Crippen molar-refractivity contribution in [3.63, 3.8) is 0 Å². The van der Waals surface area contributed by atoms with E-state index in [2.05, 4.69) is 38.2 Å². The van der Waals surface area contributed by atoms with Crippen LogP contribution in [0.4, 0.5) is 0 Å². The highest BCUT2D eigenvalue weighted by atomic mass is 32.2. The van der Waals surface area contributed by atoms with Crippen molar-refractivity contribution >= 4 is 22.1 Å². The summed E-state index contributed by atoms with van der Waals surface area (Å²) in [5, 5.41) is 31.0. The van der Waals surface area contributed by atoms with Crippen LogP contribution in [-0.4, -0.2) is 96.0 Å². The van der Waals surface area contributed by atoms with Gasteiger partial charge in [0, 0.05) is 12.8 Å². The largest absolute Gasteiger partial charge is 0.462 e. The number of ether oxygens (including phenoxy) is 4. The number of carbonyl (C=O) groups excluding carboxylic acids is 2. The van der Waals surface area contributed by atoms with E-state index in [1.165, 1.54) is 141 Å². The van der Waals surface area contributed by atoms with Crippen molar-refractivity contribution in [2.45, 2.75) is 275 Å². The summed E-state index contributed by atoms with van der Waals surface area (Å²) < 4.78 is 54.2. The quantitative estimate of drug-likeness (QED) is 0.0196. The lowest BCUT2D eigenvalue weighted by atomic mass is 10.00. The lowest BCUT2D eigenvalue weighted by Gasteiger charge is -2.40. The zero-order chi connectivity index (χ0) is 47.6. The lowest BCUT2D eigenvalue weighted by molar-refractivity contribution is -0.297. The van der Waals surface area contributed by atoms with E-state index in [1.807, 2.05) is 0 Å². The number of allylic oxidation sites excluding steroid dienone is 4. The molecule has 0 saturated carbocycles. The van der Waals surface area contributed by atoms with Crippen molar-refractivity contribution in [2.24, 2.45) is 0 Å². The Morgan fingerprint density at radius 2 is 0.892 bits per heavy atom. The minimum Gasteiger partial charge on any atom is -0.462 e. The van der Waals surface area contributed by atoms with Crippen LogP contribution in [0.15, 0.2) is 24.3 Å². The Hall–Kier alpha value is -1.87. The third-order valence-corrected chi connectivity index (χ3v) is 13.0. The second kappa shape index (κ2) is 42.2. The molecule has 12 nitrogen and oxygen atoms in total. The molecule has 0 bridgehead atoms. The van der Waals surface area contributed by atoms with Crippen molar-refractivity contribution in [3.05, 3.63) is 24.3 Å². The second-order valence-electron chi connectivity index (χ2n) is 18.5. The van der Waals surface area contributed by atoms with Crippen LogP contribution in [0.5, 0.6) is 0 Å². The van der Waals surface area contributed by atoms with Gasteiger partial charge in [-0.1, -0.05) is 192 Å². The summed E-state index contributed by atoms with van der Waals surface area (Å²) in [5.74, 6) is -2.02. The van der Waals surface area contributed by atoms with Gasteiger partial charge in [0.2, 0.25) is 0 Å². The van der Waals surface area contributed by atoms with Gasteiger partial charge in [0.15, 0.2) is 12.4 Å². The van der Waals surface area contributed by atoms with Gasteiger partial charge < -0.3 is 34.3 Å². The molecule has 4 N–H and O–H groups in total. The molecule has 1 fully saturated rings. The van der Waals surface area contributed by atoms with E-state index < -0.39 is 71.2 Å². The highest BCUT2D eigenvalue weighted by molar-refractivity contribution is 7.85. The molecule has 0 aromatic rings. The average molecular weight is 945 g/mol. The molecule has 0 aromatic heterocycles. The Bertz CT molecular complexity index is 1290. The molecule has 6 atom stereocenters. The van der Waals surface area contributed by atoms with Crippen LogP contribution in [0.3, 0.4) is 0 Å². The number of rotatable bonds is 45. The highest BCUT2D eigenvalue weighted by Gasteiger charge is 2.46. The Balaban J connectivity index is 2.35. The number of aliphatic hydroxyl groups excluding tert-OH is 3. The fourth-order valence-electron chi connectivity index (χ4n) is 8.15. The molecule has 1 aliphatic heterocycles. The van der Waals surface area contributed by atoms with Crippen LogP contribution in [0.1, 0.15) is 239 Å². The van der Waals surface area contributed by atoms with Gasteiger partial charge >= 0.3 is 11.9 Å². The molecule has 382 valence electrons. The zero-order valence-corrected chi connectivity index (χ0v) is 41.9. The third-order valence-electron chi connectivity index (χ3n) is 12.3. The standard InChI is InChI=1S/C52H96O12S/c1-3-5-7-9-11-13-15-17-19-20-21-22-23-24-25-26-27-29-31-33-35-37-39-41-48(54)63-45(43-62-52-51(57)50(56)49(55)46(64-52)44-65(58,59)60)42-61-47(53)40-38-36-34-32-30-28-18-16-14-12-10-8-6-4-2/h16,18,33,35,45-46,49-52,55-57H,3-15,17,19-32,34,36-44H2,1-2H3,(H,58,59,60)/b18-16+,35-33+/t45-,46-,49-,50?,51?,52+/m1/s1. The zero-order valence-electron chi connectivity index (χ0n) is 41.1. The van der Waals surface area contributed by atoms with E-state index in [9.17, 15) is 37.9 Å². The topological polar surface area (TPSA) is 186 Å². The molecule has 0 amide bonds. The van der Waals surface area contributed by atoms with Crippen molar-refractivity contribution in [1.29, 1.82) is 0 Å². The Labute approximate surface area is 396 Å². The Morgan fingerprint density at radius 3 is 1.32 bits per heavy atom. The molecule has 65 heavy (non-hydrogen) atoms. The predicted molar refractivity (Wildman–Crippen MR) is 261 cm³/mol. The third kappa shape index (κ3) is 36.8. The van der Waals surface area contributed by atoms with Gasteiger partial charge in [-0.05, 0) is 57.8 Å². The van der Waals surface area contributed by atoms with E-state index >= 15 is 0 Å². The van der Waals surface area contributed by atoms with Crippen molar-refractivity contribution < 1.29 is 56.8 Å². The first-order valence-corrected chi connectivity index (χ1v) is 28.0. The van der Waals surface area contributed by atoms with E-state index in [1.54, 1.807) is 0 Å². The van der Waals surface area contributed by atoms with E-state index in [-0.39, 0.29) is 19.4 Å². The predicted octanol–water partition coefficient (Wildman–Crippen LogP) is 12.0. The molecule has 0 spiro atoms. The van der Waals surface area contributed by atoms with Crippen LogP contribution in [0.2, 0.25) is 0 Å². The smallest absolute Gasteiger partial charge is 0.306 e. The molecule has 0 aliphatic carbocycles. The normalized spacial score (nSPS) is 19.6. The molecule has 13 heteroatoms. The van der Waals surface area contributed by atoms with Gasteiger partial charge in [0.05, 0.1) is 6.61 Å². The summed E-state index contributed by atoms with van der Waals surface area (Å²) in [6.07, 6.45) is 39.5. The van der Waals surface area contributed by atoms with E-state index in [4.69, 9.17) is 18.9 Å². The molecule has 0 aromatic carbocycles. The summed E-state index contributed by atoms with van der Waals surface area (Å²) >= 11 is 0. The Kier molecular flexibility index (Phi) is 39.7. The molecule has 1 saturated heterocycles. The van der Waals surface area contributed by atoms with Crippen LogP contribution in [0.25, 0.3) is 0 Å². The second-order valence-corrected chi connectivity index (χ2v) is 20.0. The summed E-state index contributed by atoms with van der Waals surface area (Å²) in [5.41, 5.74) is 0. The van der Waals surface area contributed by atoms with Crippen LogP contribution in [0, 0.1) is 0 Å². The van der Waals surface area contributed by atoms with Crippen molar-refractivity contribution in [2.75, 3.05) is 19.0 Å². The number of unbranched alkanes of at least 4 members (excludes halogenated alkanes) is 29. The van der Waals surface area contributed by atoms with Gasteiger partial charge in [0.25, 0.3) is 10.1 Å². The molecule has 1 rings (SSSR count). The first-order valence-electron chi connectivity index (χ1n) is 26.4. The summed E-state index contributed by atoms with van der Waals surface area (Å²) in [6.45, 7) is 3.76. The number of hydrogen-bond donors (Lipinski definition) is 4. The van der Waals surface area contributed by atoms with Crippen LogP contribution < -0.4 is 0 Å². The monoisotopic (exact) mass is 945 g/mol. The highest BCUT2D eigenvalue weighted by Crippen LogP contribution is 2.24. The molecular weight excluding hydrogens is 849 g/mol. The van der Waals surface area contributed by atoms with Gasteiger partial charge in [0.1, 0.15) is 36.8 Å². The maximum atomic E-state index is 12.9. The first kappa shape index (κ1) is 61.1. The number of hydrogen-bond acceptors (Lipinski definition) is 11. The van der Waals surface area contributed by atoms with Crippen LogP contribution >= 0.6 is 0 Å². The number of aliphatic hydroxyl groups is 3. The molecule has 0 radical (unpaired) electrons. The van der Waals surface area contributed by atoms with Gasteiger partial charge in [-0.2, -0.15) is 8.42 Å².